The van der Waals surface area contributed by atoms with E-state index in [2.05, 4.69) is 63.3 Å². The summed E-state index contributed by atoms with van der Waals surface area (Å²) in [4.78, 5) is 9.31. The number of benzene rings is 3. The van der Waals surface area contributed by atoms with Gasteiger partial charge in [-0.05, 0) is 65.2 Å². The Bertz CT molecular complexity index is 1410. The molecular formula is C35H41N3O5. The van der Waals surface area contributed by atoms with E-state index >= 15 is 0 Å². The van der Waals surface area contributed by atoms with E-state index in [1.807, 2.05) is 42.6 Å². The number of morpholine rings is 1. The number of nitrogens with zero attached hydrogens (tertiary/aromatic N) is 3. The summed E-state index contributed by atoms with van der Waals surface area (Å²) in [7, 11) is 3.37. The number of ether oxygens (including phenoxy) is 5. The van der Waals surface area contributed by atoms with Gasteiger partial charge < -0.3 is 33.5 Å². The van der Waals surface area contributed by atoms with Gasteiger partial charge in [0.1, 0.15) is 11.5 Å². The first-order valence-corrected chi connectivity index (χ1v) is 14.7. The van der Waals surface area contributed by atoms with Gasteiger partial charge in [0.2, 0.25) is 0 Å². The van der Waals surface area contributed by atoms with E-state index in [0.29, 0.717) is 26.4 Å². The second-order valence-electron chi connectivity index (χ2n) is 10.4. The molecule has 1 aliphatic rings. The highest BCUT2D eigenvalue weighted by atomic mass is 16.5. The molecule has 3 aromatic carbocycles. The maximum atomic E-state index is 5.91. The van der Waals surface area contributed by atoms with Crippen LogP contribution in [0.15, 0.2) is 91.1 Å². The molecule has 0 spiro atoms. The van der Waals surface area contributed by atoms with Gasteiger partial charge in [-0.2, -0.15) is 0 Å². The van der Waals surface area contributed by atoms with Crippen molar-refractivity contribution >= 4 is 11.4 Å². The lowest BCUT2D eigenvalue weighted by Crippen LogP contribution is -2.36. The summed E-state index contributed by atoms with van der Waals surface area (Å²) in [6.45, 7) is 6.81. The van der Waals surface area contributed by atoms with Gasteiger partial charge in [0.05, 0.1) is 59.6 Å². The van der Waals surface area contributed by atoms with Crippen LogP contribution in [0.4, 0.5) is 11.4 Å². The number of aromatic nitrogens is 1. The standard InChI is InChI=1S/C35H41N3O5/c1-39-34-7-3-5-29(21-34)25-38(24-28-9-11-32(12-10-28)37-15-17-41-18-16-37)33-13-14-36-31(23-33)27-43-20-19-42-26-30-6-4-8-35(22-30)40-2/h3-14,21-23H,15-20,24-27H2,1-2H3. The Morgan fingerprint density at radius 2 is 1.37 bits per heavy atom. The molecule has 226 valence electrons. The zero-order chi connectivity index (χ0) is 29.7. The maximum absolute atomic E-state index is 5.91. The van der Waals surface area contributed by atoms with Crippen LogP contribution in [-0.2, 0) is 40.5 Å². The first-order chi connectivity index (χ1) is 21.2. The lowest BCUT2D eigenvalue weighted by atomic mass is 10.1. The largest absolute Gasteiger partial charge is 0.497 e. The van der Waals surface area contributed by atoms with E-state index < -0.39 is 0 Å². The third-order valence-corrected chi connectivity index (χ3v) is 7.38. The second-order valence-corrected chi connectivity index (χ2v) is 10.4. The Morgan fingerprint density at radius 3 is 2.09 bits per heavy atom. The van der Waals surface area contributed by atoms with Crippen molar-refractivity contribution in [2.75, 3.05) is 63.5 Å². The number of hydrogen-bond acceptors (Lipinski definition) is 8. The third-order valence-electron chi connectivity index (χ3n) is 7.38. The minimum atomic E-state index is 0.414. The molecule has 0 atom stereocenters. The predicted octanol–water partition coefficient (Wildman–Crippen LogP) is 5.88. The van der Waals surface area contributed by atoms with E-state index in [4.69, 9.17) is 23.7 Å². The van der Waals surface area contributed by atoms with Crippen LogP contribution in [0.3, 0.4) is 0 Å². The zero-order valence-electron chi connectivity index (χ0n) is 25.1. The summed E-state index contributed by atoms with van der Waals surface area (Å²) in [5.74, 6) is 1.68. The molecule has 1 aromatic heterocycles. The molecule has 0 aliphatic carbocycles. The first kappa shape index (κ1) is 30.4. The average molecular weight is 584 g/mol. The first-order valence-electron chi connectivity index (χ1n) is 14.7. The zero-order valence-corrected chi connectivity index (χ0v) is 25.1. The van der Waals surface area contributed by atoms with Crippen LogP contribution in [0.1, 0.15) is 22.4 Å². The van der Waals surface area contributed by atoms with E-state index in [1.165, 1.54) is 16.8 Å². The van der Waals surface area contributed by atoms with Crippen molar-refractivity contribution in [2.24, 2.45) is 0 Å². The van der Waals surface area contributed by atoms with E-state index in [9.17, 15) is 0 Å². The summed E-state index contributed by atoms with van der Waals surface area (Å²) < 4.78 is 28.0. The van der Waals surface area contributed by atoms with Gasteiger partial charge in [0.25, 0.3) is 0 Å². The lowest BCUT2D eigenvalue weighted by Gasteiger charge is -2.29. The molecule has 0 bridgehead atoms. The Hall–Kier alpha value is -4.11. The van der Waals surface area contributed by atoms with Crippen LogP contribution in [0.5, 0.6) is 11.5 Å². The van der Waals surface area contributed by atoms with Crippen molar-refractivity contribution in [3.63, 3.8) is 0 Å². The van der Waals surface area contributed by atoms with Crippen LogP contribution >= 0.6 is 0 Å². The minimum Gasteiger partial charge on any atom is -0.497 e. The molecule has 0 saturated carbocycles. The Kier molecular flexibility index (Phi) is 11.2. The Morgan fingerprint density at radius 1 is 0.721 bits per heavy atom. The average Bonchev–Trinajstić information content (AvgIpc) is 3.07. The van der Waals surface area contributed by atoms with Gasteiger partial charge in [-0.1, -0.05) is 36.4 Å². The van der Waals surface area contributed by atoms with Crippen molar-refractivity contribution in [3.8, 4) is 11.5 Å². The number of hydrogen-bond donors (Lipinski definition) is 0. The van der Waals surface area contributed by atoms with Crippen LogP contribution in [-0.4, -0.2) is 58.7 Å². The Balaban J connectivity index is 1.21. The molecule has 1 fully saturated rings. The molecule has 0 N–H and O–H groups in total. The highest BCUT2D eigenvalue weighted by Gasteiger charge is 2.14. The van der Waals surface area contributed by atoms with E-state index in [0.717, 1.165) is 67.8 Å². The maximum Gasteiger partial charge on any atom is 0.119 e. The second kappa shape index (κ2) is 15.9. The molecule has 8 nitrogen and oxygen atoms in total. The van der Waals surface area contributed by atoms with Crippen molar-refractivity contribution in [2.45, 2.75) is 26.3 Å². The molecule has 2 heterocycles. The number of pyridine rings is 1. The minimum absolute atomic E-state index is 0.414. The number of rotatable bonds is 15. The van der Waals surface area contributed by atoms with Crippen molar-refractivity contribution < 1.29 is 23.7 Å². The van der Waals surface area contributed by atoms with Gasteiger partial charge in [-0.3, -0.25) is 4.98 Å². The predicted molar refractivity (Wildman–Crippen MR) is 169 cm³/mol. The molecule has 43 heavy (non-hydrogen) atoms. The molecule has 0 amide bonds. The van der Waals surface area contributed by atoms with Crippen molar-refractivity contribution in [1.82, 2.24) is 4.98 Å². The summed E-state index contributed by atoms with van der Waals surface area (Å²) in [6.07, 6.45) is 1.85. The van der Waals surface area contributed by atoms with E-state index in [1.54, 1.807) is 14.2 Å². The molecule has 5 rings (SSSR count). The Labute approximate surface area is 254 Å². The third kappa shape index (κ3) is 9.19. The van der Waals surface area contributed by atoms with Gasteiger partial charge in [-0.25, -0.2) is 0 Å². The van der Waals surface area contributed by atoms with Crippen LogP contribution in [0.2, 0.25) is 0 Å². The highest BCUT2D eigenvalue weighted by molar-refractivity contribution is 5.51. The monoisotopic (exact) mass is 583 g/mol. The van der Waals surface area contributed by atoms with Crippen LogP contribution in [0.25, 0.3) is 0 Å². The molecule has 8 heteroatoms. The van der Waals surface area contributed by atoms with Gasteiger partial charge in [-0.15, -0.1) is 0 Å². The van der Waals surface area contributed by atoms with Crippen LogP contribution in [0, 0.1) is 0 Å². The normalized spacial score (nSPS) is 13.1. The summed E-state index contributed by atoms with van der Waals surface area (Å²) in [5, 5.41) is 0. The fourth-order valence-corrected chi connectivity index (χ4v) is 5.07. The van der Waals surface area contributed by atoms with E-state index in [-0.39, 0.29) is 0 Å². The fraction of sp³-hybridized carbons (Fsp3) is 0.343. The number of methoxy groups -OCH3 is 2. The molecule has 1 aliphatic heterocycles. The van der Waals surface area contributed by atoms with Gasteiger partial charge >= 0.3 is 0 Å². The van der Waals surface area contributed by atoms with Gasteiger partial charge in [0.15, 0.2) is 0 Å². The molecular weight excluding hydrogens is 542 g/mol. The number of anilines is 2. The van der Waals surface area contributed by atoms with Crippen molar-refractivity contribution in [1.29, 1.82) is 0 Å². The quantitative estimate of drug-likeness (QED) is 0.161. The topological polar surface area (TPSA) is 65.5 Å². The SMILES string of the molecule is COc1cccc(COCCOCc2cc(N(Cc3ccc(N4CCOCC4)cc3)Cc3cccc(OC)c3)ccn2)c1. The summed E-state index contributed by atoms with van der Waals surface area (Å²) in [6, 6.07) is 29.2. The van der Waals surface area contributed by atoms with Gasteiger partial charge in [0, 0.05) is 43.8 Å². The molecule has 0 unspecified atom stereocenters. The summed E-state index contributed by atoms with van der Waals surface area (Å²) in [5.41, 5.74) is 6.68. The highest BCUT2D eigenvalue weighted by Crippen LogP contribution is 2.24. The molecule has 4 aromatic rings. The lowest BCUT2D eigenvalue weighted by molar-refractivity contribution is 0.0328. The fourth-order valence-electron chi connectivity index (χ4n) is 5.07. The molecule has 0 radical (unpaired) electrons. The molecule has 1 saturated heterocycles. The van der Waals surface area contributed by atoms with Crippen molar-refractivity contribution in [3.05, 3.63) is 114 Å². The van der Waals surface area contributed by atoms with Crippen LogP contribution < -0.4 is 19.3 Å². The summed E-state index contributed by atoms with van der Waals surface area (Å²) >= 11 is 0. The smallest absolute Gasteiger partial charge is 0.119 e.